The summed E-state index contributed by atoms with van der Waals surface area (Å²) in [6.07, 6.45) is 4.32. The normalized spacial score (nSPS) is 13.1. The molecule has 0 aromatic heterocycles. The SMILES string of the molecule is CN=C(NCCCCSC)NC(C)c1ccc(F)c(F)c1. The minimum atomic E-state index is -0.832. The first-order valence-corrected chi connectivity index (χ1v) is 8.39. The van der Waals surface area contributed by atoms with Crippen molar-refractivity contribution < 1.29 is 8.78 Å². The zero-order valence-corrected chi connectivity index (χ0v) is 13.6. The fraction of sp³-hybridized carbons (Fsp3) is 0.533. The first-order valence-electron chi connectivity index (χ1n) is 6.99. The van der Waals surface area contributed by atoms with Crippen molar-refractivity contribution in [2.24, 2.45) is 4.99 Å². The molecular weight excluding hydrogens is 292 g/mol. The molecule has 0 radical (unpaired) electrons. The first-order chi connectivity index (χ1) is 10.1. The third-order valence-electron chi connectivity index (χ3n) is 3.09. The topological polar surface area (TPSA) is 36.4 Å². The van der Waals surface area contributed by atoms with Crippen molar-refractivity contribution in [3.05, 3.63) is 35.4 Å². The third-order valence-corrected chi connectivity index (χ3v) is 3.79. The van der Waals surface area contributed by atoms with Gasteiger partial charge >= 0.3 is 0 Å². The van der Waals surface area contributed by atoms with Gasteiger partial charge in [-0.25, -0.2) is 8.78 Å². The van der Waals surface area contributed by atoms with Crippen LogP contribution in [0.15, 0.2) is 23.2 Å². The van der Waals surface area contributed by atoms with Crippen LogP contribution < -0.4 is 10.6 Å². The van der Waals surface area contributed by atoms with E-state index in [1.54, 1.807) is 13.1 Å². The van der Waals surface area contributed by atoms with Gasteiger partial charge in [0.15, 0.2) is 17.6 Å². The Bertz CT molecular complexity index is 466. The zero-order valence-electron chi connectivity index (χ0n) is 12.7. The van der Waals surface area contributed by atoms with E-state index < -0.39 is 11.6 Å². The van der Waals surface area contributed by atoms with Gasteiger partial charge in [0.05, 0.1) is 6.04 Å². The largest absolute Gasteiger partial charge is 0.356 e. The van der Waals surface area contributed by atoms with Gasteiger partial charge in [-0.15, -0.1) is 0 Å². The Balaban J connectivity index is 2.47. The van der Waals surface area contributed by atoms with Crippen molar-refractivity contribution in [1.29, 1.82) is 0 Å². The van der Waals surface area contributed by atoms with Gasteiger partial charge < -0.3 is 10.6 Å². The second kappa shape index (κ2) is 9.60. The van der Waals surface area contributed by atoms with Crippen LogP contribution in [0.4, 0.5) is 8.78 Å². The van der Waals surface area contributed by atoms with Crippen molar-refractivity contribution in [3.8, 4) is 0 Å². The zero-order chi connectivity index (χ0) is 15.7. The van der Waals surface area contributed by atoms with Crippen LogP contribution in [-0.4, -0.2) is 31.6 Å². The number of unbranched alkanes of at least 4 members (excludes halogenated alkanes) is 1. The first kappa shape index (κ1) is 17.8. The number of thioether (sulfide) groups is 1. The Kier molecular flexibility index (Phi) is 8.12. The number of nitrogens with one attached hydrogen (secondary N) is 2. The molecule has 3 nitrogen and oxygen atoms in total. The molecule has 0 bridgehead atoms. The van der Waals surface area contributed by atoms with Crippen LogP contribution >= 0.6 is 11.8 Å². The summed E-state index contributed by atoms with van der Waals surface area (Å²) in [5, 5.41) is 6.38. The van der Waals surface area contributed by atoms with Crippen LogP contribution in [0.1, 0.15) is 31.4 Å². The highest BCUT2D eigenvalue weighted by atomic mass is 32.2. The molecule has 118 valence electrons. The van der Waals surface area contributed by atoms with Crippen molar-refractivity contribution in [2.45, 2.75) is 25.8 Å². The van der Waals surface area contributed by atoms with E-state index >= 15 is 0 Å². The predicted octanol–water partition coefficient (Wildman–Crippen LogP) is 3.33. The van der Waals surface area contributed by atoms with Gasteiger partial charge in [-0.05, 0) is 49.5 Å². The molecular formula is C15H23F2N3S. The quantitative estimate of drug-likeness (QED) is 0.460. The highest BCUT2D eigenvalue weighted by Gasteiger charge is 2.10. The summed E-state index contributed by atoms with van der Waals surface area (Å²) >= 11 is 1.84. The molecule has 1 unspecified atom stereocenters. The van der Waals surface area contributed by atoms with Crippen LogP contribution in [0.5, 0.6) is 0 Å². The monoisotopic (exact) mass is 315 g/mol. The molecule has 6 heteroatoms. The molecule has 0 aliphatic carbocycles. The van der Waals surface area contributed by atoms with Crippen LogP contribution in [0.25, 0.3) is 0 Å². The molecule has 0 amide bonds. The van der Waals surface area contributed by atoms with Gasteiger partial charge in [-0.3, -0.25) is 4.99 Å². The van der Waals surface area contributed by atoms with E-state index in [1.165, 1.54) is 6.07 Å². The van der Waals surface area contributed by atoms with Crippen LogP contribution in [0.3, 0.4) is 0 Å². The molecule has 1 rings (SSSR count). The molecule has 0 spiro atoms. The number of nitrogens with zero attached hydrogens (tertiary/aromatic N) is 1. The highest BCUT2D eigenvalue weighted by Crippen LogP contribution is 2.15. The summed E-state index contributed by atoms with van der Waals surface area (Å²) in [6, 6.07) is 3.76. The summed E-state index contributed by atoms with van der Waals surface area (Å²) < 4.78 is 26.2. The minimum Gasteiger partial charge on any atom is -0.356 e. The van der Waals surface area contributed by atoms with E-state index in [0.29, 0.717) is 11.5 Å². The maximum Gasteiger partial charge on any atom is 0.191 e. The molecule has 1 aromatic rings. The van der Waals surface area contributed by atoms with Crippen molar-refractivity contribution >= 4 is 17.7 Å². The molecule has 0 aliphatic heterocycles. The Morgan fingerprint density at radius 1 is 1.29 bits per heavy atom. The summed E-state index contributed by atoms with van der Waals surface area (Å²) in [5.41, 5.74) is 0.680. The standard InChI is InChI=1S/C15H23F2N3S/c1-11(12-6-7-13(16)14(17)10-12)20-15(18-2)19-8-4-5-9-21-3/h6-7,10-11H,4-5,8-9H2,1-3H3,(H2,18,19,20). The molecule has 0 fully saturated rings. The number of halogens is 2. The molecule has 1 aromatic carbocycles. The highest BCUT2D eigenvalue weighted by molar-refractivity contribution is 7.98. The van der Waals surface area contributed by atoms with E-state index in [4.69, 9.17) is 0 Å². The Labute approximate surface area is 129 Å². The van der Waals surface area contributed by atoms with Gasteiger partial charge in [0, 0.05) is 13.6 Å². The smallest absolute Gasteiger partial charge is 0.191 e. The van der Waals surface area contributed by atoms with Gasteiger partial charge in [0.1, 0.15) is 0 Å². The second-order valence-electron chi connectivity index (χ2n) is 4.74. The summed E-state index contributed by atoms with van der Waals surface area (Å²) in [5.74, 6) is 0.152. The van der Waals surface area contributed by atoms with Gasteiger partial charge in [-0.1, -0.05) is 6.07 Å². The molecule has 0 saturated carbocycles. The summed E-state index contributed by atoms with van der Waals surface area (Å²) in [4.78, 5) is 4.13. The second-order valence-corrected chi connectivity index (χ2v) is 5.72. The summed E-state index contributed by atoms with van der Waals surface area (Å²) in [6.45, 7) is 2.72. The average molecular weight is 315 g/mol. The summed E-state index contributed by atoms with van der Waals surface area (Å²) in [7, 11) is 1.69. The van der Waals surface area contributed by atoms with Crippen LogP contribution in [0, 0.1) is 11.6 Å². The van der Waals surface area contributed by atoms with E-state index in [0.717, 1.165) is 31.2 Å². The number of aliphatic imine (C=N–C) groups is 1. The lowest BCUT2D eigenvalue weighted by Gasteiger charge is -2.18. The third kappa shape index (κ3) is 6.33. The molecule has 0 saturated heterocycles. The fourth-order valence-corrected chi connectivity index (χ4v) is 2.34. The van der Waals surface area contributed by atoms with E-state index in [2.05, 4.69) is 21.9 Å². The van der Waals surface area contributed by atoms with Crippen molar-refractivity contribution in [2.75, 3.05) is 25.6 Å². The van der Waals surface area contributed by atoms with E-state index in [9.17, 15) is 8.78 Å². The molecule has 0 heterocycles. The minimum absolute atomic E-state index is 0.155. The number of rotatable bonds is 7. The molecule has 0 aliphatic rings. The Morgan fingerprint density at radius 3 is 2.67 bits per heavy atom. The maximum absolute atomic E-state index is 13.2. The van der Waals surface area contributed by atoms with Crippen LogP contribution in [-0.2, 0) is 0 Å². The van der Waals surface area contributed by atoms with Crippen molar-refractivity contribution in [1.82, 2.24) is 10.6 Å². The lowest BCUT2D eigenvalue weighted by molar-refractivity contribution is 0.504. The van der Waals surface area contributed by atoms with Crippen LogP contribution in [0.2, 0.25) is 0 Å². The molecule has 2 N–H and O–H groups in total. The fourth-order valence-electron chi connectivity index (χ4n) is 1.84. The van der Waals surface area contributed by atoms with Gasteiger partial charge in [0.2, 0.25) is 0 Å². The van der Waals surface area contributed by atoms with Gasteiger partial charge in [-0.2, -0.15) is 11.8 Å². The Hall–Kier alpha value is -1.30. The van der Waals surface area contributed by atoms with E-state index in [1.807, 2.05) is 18.7 Å². The number of benzene rings is 1. The maximum atomic E-state index is 13.2. The van der Waals surface area contributed by atoms with E-state index in [-0.39, 0.29) is 6.04 Å². The number of guanidine groups is 1. The molecule has 21 heavy (non-hydrogen) atoms. The Morgan fingerprint density at radius 2 is 2.05 bits per heavy atom. The average Bonchev–Trinajstić information content (AvgIpc) is 2.48. The van der Waals surface area contributed by atoms with Gasteiger partial charge in [0.25, 0.3) is 0 Å². The number of hydrogen-bond donors (Lipinski definition) is 2. The van der Waals surface area contributed by atoms with Crippen molar-refractivity contribution in [3.63, 3.8) is 0 Å². The lowest BCUT2D eigenvalue weighted by Crippen LogP contribution is -2.39. The lowest BCUT2D eigenvalue weighted by atomic mass is 10.1. The predicted molar refractivity (Wildman–Crippen MR) is 86.9 cm³/mol. The number of hydrogen-bond acceptors (Lipinski definition) is 2. The molecule has 1 atom stereocenters.